The number of fused-ring (bicyclic) bond motifs is 1. The number of anilines is 2. The molecule has 1 atom stereocenters. The van der Waals surface area contributed by atoms with Gasteiger partial charge in [0.05, 0.1) is 12.3 Å². The summed E-state index contributed by atoms with van der Waals surface area (Å²) in [6.45, 7) is 1.41. The Labute approximate surface area is 104 Å². The van der Waals surface area contributed by atoms with Crippen LogP contribution in [0.4, 0.5) is 11.4 Å². The molecule has 0 aromatic heterocycles. The number of nitrogens with two attached hydrogens (primary N) is 1. The average molecular weight is 250 g/mol. The molecule has 0 spiro atoms. The molecule has 17 heavy (non-hydrogen) atoms. The van der Waals surface area contributed by atoms with Crippen molar-refractivity contribution in [2.45, 2.75) is 17.4 Å². The number of nitrogens with zero attached hydrogens (tertiary/aromatic N) is 1. The van der Waals surface area contributed by atoms with Crippen LogP contribution < -0.4 is 10.6 Å². The molecule has 0 bridgehead atoms. The maximum Gasteiger partial charge on any atom is 0.328 e. The topological polar surface area (TPSA) is 55.6 Å². The first-order chi connectivity index (χ1) is 8.25. The minimum atomic E-state index is -0.128. The van der Waals surface area contributed by atoms with Gasteiger partial charge in [-0.05, 0) is 18.2 Å². The monoisotopic (exact) mass is 250 g/mol. The summed E-state index contributed by atoms with van der Waals surface area (Å²) in [5.41, 5.74) is 7.64. The number of hydrogen-bond donors (Lipinski definition) is 1. The third kappa shape index (κ3) is 1.84. The third-order valence-corrected chi connectivity index (χ3v) is 4.21. The van der Waals surface area contributed by atoms with E-state index in [2.05, 4.69) is 4.90 Å². The minimum absolute atomic E-state index is 0.106. The van der Waals surface area contributed by atoms with Crippen molar-refractivity contribution in [3.8, 4) is 0 Å². The van der Waals surface area contributed by atoms with E-state index in [-0.39, 0.29) is 12.0 Å². The lowest BCUT2D eigenvalue weighted by atomic mass is 10.1. The van der Waals surface area contributed by atoms with Crippen molar-refractivity contribution in [3.05, 3.63) is 18.2 Å². The van der Waals surface area contributed by atoms with E-state index in [1.54, 1.807) is 0 Å². The van der Waals surface area contributed by atoms with E-state index in [4.69, 9.17) is 10.5 Å². The second-order valence-electron chi connectivity index (χ2n) is 4.24. The van der Waals surface area contributed by atoms with E-state index in [0.29, 0.717) is 6.61 Å². The number of benzene rings is 1. The summed E-state index contributed by atoms with van der Waals surface area (Å²) in [6.07, 6.45) is 0.776. The van der Waals surface area contributed by atoms with Crippen LogP contribution in [0.3, 0.4) is 0 Å². The van der Waals surface area contributed by atoms with Crippen molar-refractivity contribution in [3.63, 3.8) is 0 Å². The molecular weight excluding hydrogens is 236 g/mol. The molecule has 1 aromatic rings. The number of ether oxygens (including phenoxy) is 1. The molecule has 5 heteroatoms. The average Bonchev–Trinajstić information content (AvgIpc) is 2.74. The highest BCUT2D eigenvalue weighted by molar-refractivity contribution is 7.99. The van der Waals surface area contributed by atoms with Crippen molar-refractivity contribution >= 4 is 29.1 Å². The van der Waals surface area contributed by atoms with Crippen LogP contribution in [0, 0.1) is 0 Å². The Morgan fingerprint density at radius 1 is 1.47 bits per heavy atom. The largest absolute Gasteiger partial charge is 0.464 e. The maximum absolute atomic E-state index is 11.7. The lowest BCUT2D eigenvalue weighted by molar-refractivity contribution is -0.139. The SMILES string of the molecule is Nc1ccc2c(c1)N(C1CCOC1=O)CCS2. The molecule has 0 amide bonds. The first-order valence-corrected chi connectivity index (χ1v) is 6.70. The summed E-state index contributed by atoms with van der Waals surface area (Å²) >= 11 is 1.81. The fourth-order valence-electron chi connectivity index (χ4n) is 2.35. The number of carbonyl (C=O) groups excluding carboxylic acids is 1. The normalized spacial score (nSPS) is 23.4. The molecule has 0 radical (unpaired) electrons. The zero-order valence-corrected chi connectivity index (χ0v) is 10.2. The van der Waals surface area contributed by atoms with Crippen LogP contribution in [0.2, 0.25) is 0 Å². The van der Waals surface area contributed by atoms with Gasteiger partial charge in [0.1, 0.15) is 6.04 Å². The summed E-state index contributed by atoms with van der Waals surface area (Å²) in [7, 11) is 0. The summed E-state index contributed by atoms with van der Waals surface area (Å²) in [5.74, 6) is 0.894. The molecule has 0 saturated carbocycles. The molecule has 1 fully saturated rings. The maximum atomic E-state index is 11.7. The van der Waals surface area contributed by atoms with Crippen LogP contribution in [-0.2, 0) is 9.53 Å². The van der Waals surface area contributed by atoms with E-state index in [1.165, 1.54) is 4.90 Å². The second-order valence-corrected chi connectivity index (χ2v) is 5.38. The Morgan fingerprint density at radius 2 is 2.35 bits per heavy atom. The number of hydrogen-bond acceptors (Lipinski definition) is 5. The van der Waals surface area contributed by atoms with Crippen molar-refractivity contribution in [1.82, 2.24) is 0 Å². The van der Waals surface area contributed by atoms with E-state index in [9.17, 15) is 4.79 Å². The number of carbonyl (C=O) groups is 1. The highest BCUT2D eigenvalue weighted by Crippen LogP contribution is 2.38. The molecule has 1 saturated heterocycles. The molecule has 2 aliphatic heterocycles. The number of rotatable bonds is 1. The molecule has 0 aliphatic carbocycles. The van der Waals surface area contributed by atoms with Crippen molar-refractivity contribution in [2.24, 2.45) is 0 Å². The smallest absolute Gasteiger partial charge is 0.328 e. The van der Waals surface area contributed by atoms with Crippen LogP contribution in [0.5, 0.6) is 0 Å². The quantitative estimate of drug-likeness (QED) is 0.604. The number of nitrogen functional groups attached to an aromatic ring is 1. The Hall–Kier alpha value is -1.36. The number of thioether (sulfide) groups is 1. The van der Waals surface area contributed by atoms with Gasteiger partial charge in [-0.2, -0.15) is 0 Å². The van der Waals surface area contributed by atoms with Gasteiger partial charge in [-0.3, -0.25) is 0 Å². The lowest BCUT2D eigenvalue weighted by Crippen LogP contribution is -2.41. The molecular formula is C12H14N2O2S. The Kier molecular flexibility index (Phi) is 2.63. The van der Waals surface area contributed by atoms with Crippen LogP contribution in [0.15, 0.2) is 23.1 Å². The van der Waals surface area contributed by atoms with Gasteiger partial charge in [-0.25, -0.2) is 4.79 Å². The summed E-state index contributed by atoms with van der Waals surface area (Å²) in [5, 5.41) is 0. The molecule has 3 rings (SSSR count). The zero-order chi connectivity index (χ0) is 11.8. The standard InChI is InChI=1S/C12H14N2O2S/c13-8-1-2-11-10(7-8)14(4-6-17-11)9-3-5-16-12(9)15/h1-2,7,9H,3-6,13H2. The summed E-state index contributed by atoms with van der Waals surface area (Å²) in [6, 6.07) is 5.76. The van der Waals surface area contributed by atoms with Gasteiger partial charge in [0, 0.05) is 29.3 Å². The Bertz CT molecular complexity index is 464. The summed E-state index contributed by atoms with van der Waals surface area (Å²) in [4.78, 5) is 15.0. The van der Waals surface area contributed by atoms with Crippen molar-refractivity contribution in [1.29, 1.82) is 0 Å². The van der Waals surface area contributed by atoms with E-state index in [0.717, 1.165) is 30.1 Å². The fourth-order valence-corrected chi connectivity index (χ4v) is 3.34. The van der Waals surface area contributed by atoms with Gasteiger partial charge < -0.3 is 15.4 Å². The van der Waals surface area contributed by atoms with Crippen molar-refractivity contribution in [2.75, 3.05) is 29.5 Å². The van der Waals surface area contributed by atoms with Gasteiger partial charge in [-0.1, -0.05) is 0 Å². The molecule has 90 valence electrons. The highest BCUT2D eigenvalue weighted by Gasteiger charge is 2.34. The van der Waals surface area contributed by atoms with Crippen molar-refractivity contribution < 1.29 is 9.53 Å². The summed E-state index contributed by atoms with van der Waals surface area (Å²) < 4.78 is 5.05. The lowest BCUT2D eigenvalue weighted by Gasteiger charge is -2.33. The highest BCUT2D eigenvalue weighted by atomic mass is 32.2. The van der Waals surface area contributed by atoms with Gasteiger partial charge in [0.25, 0.3) is 0 Å². The fraction of sp³-hybridized carbons (Fsp3) is 0.417. The number of esters is 1. The first-order valence-electron chi connectivity index (χ1n) is 5.71. The predicted molar refractivity (Wildman–Crippen MR) is 68.3 cm³/mol. The van der Waals surface area contributed by atoms with Crippen LogP contribution in [0.1, 0.15) is 6.42 Å². The predicted octanol–water partition coefficient (Wildman–Crippen LogP) is 1.50. The van der Waals surface area contributed by atoms with Gasteiger partial charge >= 0.3 is 5.97 Å². The number of cyclic esters (lactones) is 1. The Balaban J connectivity index is 1.98. The van der Waals surface area contributed by atoms with Gasteiger partial charge in [0.2, 0.25) is 0 Å². The van der Waals surface area contributed by atoms with E-state index in [1.807, 2.05) is 30.0 Å². The van der Waals surface area contributed by atoms with E-state index >= 15 is 0 Å². The Morgan fingerprint density at radius 3 is 3.12 bits per heavy atom. The second kappa shape index (κ2) is 4.14. The van der Waals surface area contributed by atoms with Crippen LogP contribution in [0.25, 0.3) is 0 Å². The van der Waals surface area contributed by atoms with Gasteiger partial charge in [0.15, 0.2) is 0 Å². The zero-order valence-electron chi connectivity index (χ0n) is 9.39. The molecule has 4 nitrogen and oxygen atoms in total. The minimum Gasteiger partial charge on any atom is -0.464 e. The molecule has 2 heterocycles. The molecule has 1 aromatic carbocycles. The van der Waals surface area contributed by atoms with Crippen LogP contribution >= 0.6 is 11.8 Å². The van der Waals surface area contributed by atoms with Crippen LogP contribution in [-0.4, -0.2) is 30.9 Å². The molecule has 2 aliphatic rings. The van der Waals surface area contributed by atoms with E-state index < -0.39 is 0 Å². The first kappa shape index (κ1) is 10.8. The van der Waals surface area contributed by atoms with Gasteiger partial charge in [-0.15, -0.1) is 11.8 Å². The third-order valence-electron chi connectivity index (χ3n) is 3.17. The molecule has 2 N–H and O–H groups in total. The molecule has 1 unspecified atom stereocenters.